The van der Waals surface area contributed by atoms with Crippen molar-refractivity contribution in [1.82, 2.24) is 9.55 Å². The van der Waals surface area contributed by atoms with Crippen LogP contribution < -0.4 is 10.6 Å². The lowest BCUT2D eigenvalue weighted by atomic mass is 10.0. The highest BCUT2D eigenvalue weighted by atomic mass is 19.3. The van der Waals surface area contributed by atoms with Crippen molar-refractivity contribution in [2.24, 2.45) is 5.73 Å². The van der Waals surface area contributed by atoms with Crippen LogP contribution in [0.2, 0.25) is 0 Å². The first-order chi connectivity index (χ1) is 13.0. The van der Waals surface area contributed by atoms with Crippen LogP contribution in [-0.2, 0) is 6.54 Å². The van der Waals surface area contributed by atoms with Crippen molar-refractivity contribution in [1.29, 1.82) is 0 Å². The molecule has 1 aliphatic heterocycles. The number of hydrogen-bond donors (Lipinski definition) is 1. The number of benzene rings is 2. The quantitative estimate of drug-likeness (QED) is 0.716. The number of hydrogen-bond acceptors (Lipinski definition) is 3. The molecular weight excluding hydrogens is 348 g/mol. The first-order valence-corrected chi connectivity index (χ1v) is 8.78. The van der Waals surface area contributed by atoms with E-state index in [9.17, 15) is 8.78 Å². The molecule has 5 nitrogen and oxygen atoms in total. The summed E-state index contributed by atoms with van der Waals surface area (Å²) in [5.74, 6) is -2.19. The monoisotopic (exact) mass is 367 g/mol. The van der Waals surface area contributed by atoms with Crippen molar-refractivity contribution in [3.05, 3.63) is 65.5 Å². The van der Waals surface area contributed by atoms with Gasteiger partial charge >= 0.3 is 0 Å². The normalized spacial score (nSPS) is 19.2. The first kappa shape index (κ1) is 17.4. The van der Waals surface area contributed by atoms with Crippen LogP contribution >= 0.6 is 0 Å². The number of rotatable bonds is 3. The van der Waals surface area contributed by atoms with Gasteiger partial charge in [-0.3, -0.25) is 0 Å². The maximum Gasteiger partial charge on any atom is 0.266 e. The Morgan fingerprint density at radius 1 is 1.19 bits per heavy atom. The fourth-order valence-electron chi connectivity index (χ4n) is 3.43. The van der Waals surface area contributed by atoms with Gasteiger partial charge in [-0.2, -0.15) is 0 Å². The summed E-state index contributed by atoms with van der Waals surface area (Å²) in [6.45, 7) is 7.88. The Kier molecular flexibility index (Phi) is 4.28. The Morgan fingerprint density at radius 2 is 1.93 bits per heavy atom. The second-order valence-corrected chi connectivity index (χ2v) is 6.83. The van der Waals surface area contributed by atoms with E-state index < -0.39 is 12.0 Å². The lowest BCUT2D eigenvalue weighted by molar-refractivity contribution is -0.0395. The average Bonchev–Trinajstić information content (AvgIpc) is 3.03. The van der Waals surface area contributed by atoms with Gasteiger partial charge in [0.1, 0.15) is 0 Å². The van der Waals surface area contributed by atoms with Crippen LogP contribution in [-0.4, -0.2) is 34.6 Å². The lowest BCUT2D eigenvalue weighted by Crippen LogP contribution is -2.55. The van der Waals surface area contributed by atoms with E-state index in [0.29, 0.717) is 18.2 Å². The molecule has 138 valence electrons. The standard InChI is InChI=1S/C20H19F2N5/c1-24-15-8-6-14(7-9-15)12-27-17-5-3-2-4-16(17)25-19(27)26-11-10-20(21,22)18(23)13-26/h2-9,18H,10-13,23H2/t18-/m1/s1. The van der Waals surface area contributed by atoms with Crippen molar-refractivity contribution >= 4 is 22.7 Å². The lowest BCUT2D eigenvalue weighted by Gasteiger charge is -2.37. The van der Waals surface area contributed by atoms with Gasteiger partial charge < -0.3 is 15.2 Å². The van der Waals surface area contributed by atoms with E-state index >= 15 is 0 Å². The summed E-state index contributed by atoms with van der Waals surface area (Å²) in [5, 5.41) is 0. The van der Waals surface area contributed by atoms with Gasteiger partial charge in [-0.15, -0.1) is 0 Å². The summed E-state index contributed by atoms with van der Waals surface area (Å²) >= 11 is 0. The highest BCUT2D eigenvalue weighted by molar-refractivity contribution is 5.79. The summed E-state index contributed by atoms with van der Waals surface area (Å²) in [7, 11) is 0. The number of para-hydroxylation sites is 2. The summed E-state index contributed by atoms with van der Waals surface area (Å²) in [5.41, 5.74) is 9.06. The van der Waals surface area contributed by atoms with E-state index in [4.69, 9.17) is 12.3 Å². The fourth-order valence-corrected chi connectivity index (χ4v) is 3.43. The second kappa shape index (κ2) is 6.63. The number of nitrogens with zero attached hydrogens (tertiary/aromatic N) is 4. The summed E-state index contributed by atoms with van der Waals surface area (Å²) < 4.78 is 29.6. The molecule has 1 aliphatic rings. The number of halogens is 2. The number of imidazole rings is 1. The third kappa shape index (κ3) is 3.24. The number of fused-ring (bicyclic) bond motifs is 1. The highest BCUT2D eigenvalue weighted by Crippen LogP contribution is 2.31. The molecule has 0 saturated carbocycles. The molecule has 1 fully saturated rings. The van der Waals surface area contributed by atoms with Crippen molar-refractivity contribution in [2.45, 2.75) is 24.9 Å². The Balaban J connectivity index is 1.72. The molecule has 0 unspecified atom stereocenters. The van der Waals surface area contributed by atoms with Crippen molar-refractivity contribution < 1.29 is 8.78 Å². The van der Waals surface area contributed by atoms with Crippen molar-refractivity contribution in [2.75, 3.05) is 18.0 Å². The third-order valence-corrected chi connectivity index (χ3v) is 5.00. The molecule has 2 N–H and O–H groups in total. The van der Waals surface area contributed by atoms with Gasteiger partial charge in [0.2, 0.25) is 5.95 Å². The summed E-state index contributed by atoms with van der Waals surface area (Å²) in [6, 6.07) is 13.9. The molecule has 27 heavy (non-hydrogen) atoms. The zero-order chi connectivity index (χ0) is 19.0. The predicted molar refractivity (Wildman–Crippen MR) is 101 cm³/mol. The molecule has 3 aromatic rings. The molecule has 0 aliphatic carbocycles. The van der Waals surface area contributed by atoms with Crippen LogP contribution in [0.15, 0.2) is 48.5 Å². The predicted octanol–water partition coefficient (Wildman–Crippen LogP) is 3.81. The zero-order valence-corrected chi connectivity index (χ0v) is 14.6. The molecule has 7 heteroatoms. The maximum absolute atomic E-state index is 13.8. The molecule has 0 amide bonds. The van der Waals surface area contributed by atoms with Gasteiger partial charge in [-0.1, -0.05) is 36.4 Å². The first-order valence-electron chi connectivity index (χ1n) is 8.78. The molecule has 2 heterocycles. The van der Waals surface area contributed by atoms with E-state index in [-0.39, 0.29) is 19.5 Å². The Morgan fingerprint density at radius 3 is 2.63 bits per heavy atom. The number of aromatic nitrogens is 2. The van der Waals surface area contributed by atoms with Crippen LogP contribution in [0.3, 0.4) is 0 Å². The van der Waals surface area contributed by atoms with Crippen LogP contribution in [0.25, 0.3) is 15.9 Å². The van der Waals surface area contributed by atoms with Crippen molar-refractivity contribution in [3.8, 4) is 0 Å². The van der Waals surface area contributed by atoms with Crippen molar-refractivity contribution in [3.63, 3.8) is 0 Å². The Labute approximate surface area is 155 Å². The molecule has 2 aromatic carbocycles. The third-order valence-electron chi connectivity index (χ3n) is 5.00. The van der Waals surface area contributed by atoms with Gasteiger partial charge in [0.15, 0.2) is 5.69 Å². The topological polar surface area (TPSA) is 51.4 Å². The van der Waals surface area contributed by atoms with Crippen LogP contribution in [0.4, 0.5) is 20.4 Å². The Bertz CT molecular complexity index is 1000. The second-order valence-electron chi connectivity index (χ2n) is 6.83. The largest absolute Gasteiger partial charge is 0.340 e. The molecule has 0 spiro atoms. The fraction of sp³-hybridized carbons (Fsp3) is 0.300. The van der Waals surface area contributed by atoms with Gasteiger partial charge in [-0.25, -0.2) is 18.6 Å². The van der Waals surface area contributed by atoms with Gasteiger partial charge in [-0.05, 0) is 17.7 Å². The Hall–Kier alpha value is -2.98. The van der Waals surface area contributed by atoms with E-state index in [1.165, 1.54) is 0 Å². The molecule has 1 atom stereocenters. The molecule has 1 saturated heterocycles. The van der Waals surface area contributed by atoms with Crippen LogP contribution in [0.1, 0.15) is 12.0 Å². The number of anilines is 1. The van der Waals surface area contributed by atoms with E-state index in [2.05, 4.69) is 9.83 Å². The summed E-state index contributed by atoms with van der Waals surface area (Å²) in [4.78, 5) is 9.94. The number of nitrogens with two attached hydrogens (primary N) is 1. The molecule has 0 radical (unpaired) electrons. The van der Waals surface area contributed by atoms with Gasteiger partial charge in [0, 0.05) is 19.5 Å². The van der Waals surface area contributed by atoms with Crippen LogP contribution in [0.5, 0.6) is 0 Å². The zero-order valence-electron chi connectivity index (χ0n) is 14.6. The molecule has 1 aromatic heterocycles. The van der Waals surface area contributed by atoms with E-state index in [0.717, 1.165) is 16.6 Å². The van der Waals surface area contributed by atoms with Gasteiger partial charge in [0.05, 0.1) is 30.2 Å². The molecule has 4 rings (SSSR count). The minimum absolute atomic E-state index is 0.0625. The smallest absolute Gasteiger partial charge is 0.266 e. The number of alkyl halides is 2. The van der Waals surface area contributed by atoms with Gasteiger partial charge in [0.25, 0.3) is 5.92 Å². The average molecular weight is 367 g/mol. The highest BCUT2D eigenvalue weighted by Gasteiger charge is 2.42. The van der Waals surface area contributed by atoms with Crippen LogP contribution in [0, 0.1) is 6.57 Å². The summed E-state index contributed by atoms with van der Waals surface area (Å²) in [6.07, 6.45) is -0.281. The van der Waals surface area contributed by atoms with E-state index in [1.54, 1.807) is 12.1 Å². The SMILES string of the molecule is [C-]#[N+]c1ccc(Cn2c(N3CCC(F)(F)[C@H](N)C3)nc3ccccc32)cc1. The minimum atomic E-state index is -2.84. The molecular formula is C20H19F2N5. The maximum atomic E-state index is 13.8. The van der Waals surface area contributed by atoms with E-state index in [1.807, 2.05) is 45.9 Å². The molecule has 0 bridgehead atoms. The minimum Gasteiger partial charge on any atom is -0.340 e. The number of piperidine rings is 1.